The number of nitrogens with zero attached hydrogens (tertiary/aromatic N) is 5. The summed E-state index contributed by atoms with van der Waals surface area (Å²) in [6.45, 7) is 5.74. The monoisotopic (exact) mass is 355 g/mol. The van der Waals surface area contributed by atoms with Crippen molar-refractivity contribution in [1.82, 2.24) is 14.8 Å². The van der Waals surface area contributed by atoms with Crippen LogP contribution in [0.3, 0.4) is 0 Å². The number of benzene rings is 1. The summed E-state index contributed by atoms with van der Waals surface area (Å²) in [4.78, 5) is 21.0. The molecule has 0 saturated carbocycles. The van der Waals surface area contributed by atoms with Crippen LogP contribution >= 0.6 is 11.3 Å². The molecular formula is C18H21N5OS. The fraction of sp³-hybridized carbons (Fsp3) is 0.389. The molecular weight excluding hydrogens is 334 g/mol. The smallest absolute Gasteiger partial charge is 0.266 e. The van der Waals surface area contributed by atoms with E-state index in [1.165, 1.54) is 14.9 Å². The Kier molecular flexibility index (Phi) is 4.17. The van der Waals surface area contributed by atoms with Gasteiger partial charge >= 0.3 is 0 Å². The summed E-state index contributed by atoms with van der Waals surface area (Å²) < 4.78 is 2.65. The van der Waals surface area contributed by atoms with Crippen LogP contribution in [0.2, 0.25) is 0 Å². The first-order chi connectivity index (χ1) is 12.2. The maximum absolute atomic E-state index is 11.5. The second-order valence-corrected chi connectivity index (χ2v) is 7.25. The topological polar surface area (TPSA) is 54.3 Å². The molecule has 1 aliphatic heterocycles. The number of fused-ring (bicyclic) bond motifs is 1. The van der Waals surface area contributed by atoms with Gasteiger partial charge in [-0.1, -0.05) is 30.4 Å². The lowest BCUT2D eigenvalue weighted by atomic mass is 10.1. The molecule has 3 heterocycles. The van der Waals surface area contributed by atoms with E-state index in [-0.39, 0.29) is 5.56 Å². The highest BCUT2D eigenvalue weighted by atomic mass is 32.1. The number of anilines is 2. The van der Waals surface area contributed by atoms with Crippen LogP contribution in [-0.2, 0) is 13.5 Å². The quantitative estimate of drug-likeness (QED) is 0.721. The number of piperazine rings is 1. The number of aryl methyl sites for hydroxylation is 2. The van der Waals surface area contributed by atoms with Gasteiger partial charge in [0, 0.05) is 39.3 Å². The summed E-state index contributed by atoms with van der Waals surface area (Å²) in [5, 5.41) is 5.45. The Morgan fingerprint density at radius 2 is 1.84 bits per heavy atom. The Balaban J connectivity index is 1.52. The molecule has 0 aliphatic carbocycles. The molecule has 1 aromatic carbocycles. The van der Waals surface area contributed by atoms with Crippen molar-refractivity contribution in [2.75, 3.05) is 36.0 Å². The summed E-state index contributed by atoms with van der Waals surface area (Å²) >= 11 is 1.77. The standard InChI is InChI=1S/C18H21N5OS/c1-3-13-5-4-6-14-17(13)19-18(25-14)23-11-9-22(10-12-23)15-7-8-16(24)21(2)20-15/h4-8H,3,9-12H2,1-2H3. The van der Waals surface area contributed by atoms with E-state index >= 15 is 0 Å². The fourth-order valence-corrected chi connectivity index (χ4v) is 4.27. The zero-order valence-electron chi connectivity index (χ0n) is 14.5. The summed E-state index contributed by atoms with van der Waals surface area (Å²) in [6, 6.07) is 9.82. The summed E-state index contributed by atoms with van der Waals surface area (Å²) in [7, 11) is 1.69. The highest BCUT2D eigenvalue weighted by Gasteiger charge is 2.21. The van der Waals surface area contributed by atoms with Gasteiger partial charge in [-0.15, -0.1) is 0 Å². The van der Waals surface area contributed by atoms with Gasteiger partial charge in [-0.25, -0.2) is 9.67 Å². The van der Waals surface area contributed by atoms with Gasteiger partial charge in [-0.3, -0.25) is 4.79 Å². The summed E-state index contributed by atoms with van der Waals surface area (Å²) in [5.41, 5.74) is 2.38. The van der Waals surface area contributed by atoms with E-state index in [0.29, 0.717) is 0 Å². The molecule has 130 valence electrons. The van der Waals surface area contributed by atoms with Crippen molar-refractivity contribution in [3.8, 4) is 0 Å². The lowest BCUT2D eigenvalue weighted by Crippen LogP contribution is -2.47. The average Bonchev–Trinajstić information content (AvgIpc) is 3.08. The molecule has 0 atom stereocenters. The van der Waals surface area contributed by atoms with Gasteiger partial charge < -0.3 is 9.80 Å². The molecule has 0 amide bonds. The number of aromatic nitrogens is 3. The lowest BCUT2D eigenvalue weighted by Gasteiger charge is -2.35. The van der Waals surface area contributed by atoms with Gasteiger partial charge in [0.25, 0.3) is 5.56 Å². The Hall–Kier alpha value is -2.41. The van der Waals surface area contributed by atoms with Crippen LogP contribution < -0.4 is 15.4 Å². The largest absolute Gasteiger partial charge is 0.352 e. The number of para-hydroxylation sites is 1. The van der Waals surface area contributed by atoms with Crippen molar-refractivity contribution in [2.24, 2.45) is 7.05 Å². The average molecular weight is 355 g/mol. The van der Waals surface area contributed by atoms with E-state index in [9.17, 15) is 4.79 Å². The summed E-state index contributed by atoms with van der Waals surface area (Å²) in [6.07, 6.45) is 1.01. The van der Waals surface area contributed by atoms with Crippen LogP contribution in [0, 0.1) is 0 Å². The van der Waals surface area contributed by atoms with E-state index in [4.69, 9.17) is 4.98 Å². The Bertz CT molecular complexity index is 955. The molecule has 2 aromatic heterocycles. The Morgan fingerprint density at radius 1 is 1.08 bits per heavy atom. The normalized spacial score (nSPS) is 15.1. The van der Waals surface area contributed by atoms with Gasteiger partial charge in [0.2, 0.25) is 0 Å². The summed E-state index contributed by atoms with van der Waals surface area (Å²) in [5.74, 6) is 0.860. The number of thiazole rings is 1. The molecule has 1 fully saturated rings. The third kappa shape index (κ3) is 3.00. The molecule has 1 aliphatic rings. The fourth-order valence-electron chi connectivity index (χ4n) is 3.20. The van der Waals surface area contributed by atoms with E-state index in [0.717, 1.165) is 49.1 Å². The zero-order chi connectivity index (χ0) is 17.4. The number of hydrogen-bond donors (Lipinski definition) is 0. The van der Waals surface area contributed by atoms with Gasteiger partial charge in [0.05, 0.1) is 10.2 Å². The maximum atomic E-state index is 11.5. The van der Waals surface area contributed by atoms with Gasteiger partial charge in [0.1, 0.15) is 5.82 Å². The molecule has 0 N–H and O–H groups in total. The van der Waals surface area contributed by atoms with Crippen molar-refractivity contribution in [2.45, 2.75) is 13.3 Å². The zero-order valence-corrected chi connectivity index (χ0v) is 15.3. The second-order valence-electron chi connectivity index (χ2n) is 6.24. The minimum Gasteiger partial charge on any atom is -0.352 e. The van der Waals surface area contributed by atoms with E-state index in [1.54, 1.807) is 24.5 Å². The first-order valence-corrected chi connectivity index (χ1v) is 9.40. The molecule has 3 aromatic rings. The van der Waals surface area contributed by atoms with Crippen LogP contribution in [0.15, 0.2) is 35.1 Å². The molecule has 0 bridgehead atoms. The SMILES string of the molecule is CCc1cccc2sc(N3CCN(c4ccc(=O)n(C)n4)CC3)nc12. The Labute approximate surface area is 150 Å². The molecule has 0 unspecified atom stereocenters. The number of rotatable bonds is 3. The van der Waals surface area contributed by atoms with Crippen molar-refractivity contribution < 1.29 is 0 Å². The van der Waals surface area contributed by atoms with Gasteiger partial charge in [-0.05, 0) is 24.1 Å². The molecule has 6 nitrogen and oxygen atoms in total. The predicted molar refractivity (Wildman–Crippen MR) is 103 cm³/mol. The third-order valence-electron chi connectivity index (χ3n) is 4.69. The van der Waals surface area contributed by atoms with E-state index in [1.807, 2.05) is 6.07 Å². The van der Waals surface area contributed by atoms with Crippen LogP contribution in [0.25, 0.3) is 10.2 Å². The highest BCUT2D eigenvalue weighted by Crippen LogP contribution is 2.31. The van der Waals surface area contributed by atoms with Crippen LogP contribution in [0.1, 0.15) is 12.5 Å². The number of hydrogen-bond acceptors (Lipinski definition) is 6. The molecule has 7 heteroatoms. The van der Waals surface area contributed by atoms with Crippen molar-refractivity contribution in [1.29, 1.82) is 0 Å². The van der Waals surface area contributed by atoms with Crippen molar-refractivity contribution >= 4 is 32.5 Å². The minimum atomic E-state index is -0.0800. The molecule has 25 heavy (non-hydrogen) atoms. The van der Waals surface area contributed by atoms with Crippen molar-refractivity contribution in [3.05, 3.63) is 46.2 Å². The lowest BCUT2D eigenvalue weighted by molar-refractivity contribution is 0.623. The highest BCUT2D eigenvalue weighted by molar-refractivity contribution is 7.22. The first kappa shape index (κ1) is 16.1. The Morgan fingerprint density at radius 3 is 2.56 bits per heavy atom. The van der Waals surface area contributed by atoms with Crippen LogP contribution in [0.5, 0.6) is 0 Å². The first-order valence-electron chi connectivity index (χ1n) is 8.58. The van der Waals surface area contributed by atoms with Gasteiger partial charge in [-0.2, -0.15) is 5.10 Å². The predicted octanol–water partition coefficient (Wildman–Crippen LogP) is 2.28. The molecule has 4 rings (SSSR count). The molecule has 1 saturated heterocycles. The third-order valence-corrected chi connectivity index (χ3v) is 5.77. The molecule has 0 radical (unpaired) electrons. The minimum absolute atomic E-state index is 0.0800. The van der Waals surface area contributed by atoms with Gasteiger partial charge in [0.15, 0.2) is 5.13 Å². The second kappa shape index (κ2) is 6.48. The molecule has 0 spiro atoms. The van der Waals surface area contributed by atoms with Crippen LogP contribution in [-0.4, -0.2) is 40.9 Å². The van der Waals surface area contributed by atoms with E-state index < -0.39 is 0 Å². The maximum Gasteiger partial charge on any atom is 0.266 e. The van der Waals surface area contributed by atoms with E-state index in [2.05, 4.69) is 40.0 Å². The van der Waals surface area contributed by atoms with Crippen molar-refractivity contribution in [3.63, 3.8) is 0 Å². The van der Waals surface area contributed by atoms with Crippen LogP contribution in [0.4, 0.5) is 10.9 Å².